The first kappa shape index (κ1) is 12.0. The topological polar surface area (TPSA) is 46.6 Å². The van der Waals surface area contributed by atoms with Crippen LogP contribution in [0.1, 0.15) is 10.4 Å². The normalized spacial score (nSPS) is 19.9. The van der Waals surface area contributed by atoms with Crippen molar-refractivity contribution in [1.29, 1.82) is 0 Å². The molecule has 1 unspecified atom stereocenters. The van der Waals surface area contributed by atoms with Crippen molar-refractivity contribution in [3.05, 3.63) is 35.9 Å². The lowest BCUT2D eigenvalue weighted by atomic mass is 10.2. The smallest absolute Gasteiger partial charge is 0.409 e. The first-order chi connectivity index (χ1) is 8.16. The van der Waals surface area contributed by atoms with E-state index in [4.69, 9.17) is 4.74 Å². The molecule has 90 valence electrons. The lowest BCUT2D eigenvalue weighted by Gasteiger charge is -2.28. The maximum absolute atomic E-state index is 11.9. The van der Waals surface area contributed by atoms with Gasteiger partial charge in [0.1, 0.15) is 6.61 Å². The van der Waals surface area contributed by atoms with E-state index in [0.29, 0.717) is 18.7 Å². The van der Waals surface area contributed by atoms with Crippen LogP contribution in [0.5, 0.6) is 0 Å². The molecule has 0 bridgehead atoms. The average molecular weight is 251 g/mol. The predicted octanol–water partition coefficient (Wildman–Crippen LogP) is 2.01. The van der Waals surface area contributed by atoms with Crippen molar-refractivity contribution >= 4 is 23.0 Å². The maximum atomic E-state index is 11.9. The van der Waals surface area contributed by atoms with Gasteiger partial charge in [0.2, 0.25) is 5.12 Å². The molecule has 0 radical (unpaired) electrons. The summed E-state index contributed by atoms with van der Waals surface area (Å²) in [5, 5.41) is 0.0207. The molecule has 0 aliphatic carbocycles. The molecule has 1 aliphatic heterocycles. The molecule has 5 heteroatoms. The number of benzene rings is 1. The highest BCUT2D eigenvalue weighted by atomic mass is 32.2. The summed E-state index contributed by atoms with van der Waals surface area (Å²) in [6.45, 7) is 0.842. The molecule has 1 fully saturated rings. The summed E-state index contributed by atoms with van der Waals surface area (Å²) < 4.78 is 4.95. The Balaban J connectivity index is 1.94. The van der Waals surface area contributed by atoms with Crippen LogP contribution in [0.15, 0.2) is 30.3 Å². The Hall–Kier alpha value is -1.49. The van der Waals surface area contributed by atoms with Crippen molar-refractivity contribution in [3.63, 3.8) is 0 Å². The molecule has 0 spiro atoms. The Labute approximate surface area is 104 Å². The fraction of sp³-hybridized carbons (Fsp3) is 0.333. The van der Waals surface area contributed by atoms with Gasteiger partial charge in [0.05, 0.1) is 5.25 Å². The molecule has 1 atom stereocenters. The Kier molecular flexibility index (Phi) is 3.68. The van der Waals surface area contributed by atoms with Gasteiger partial charge in [-0.2, -0.15) is 0 Å². The van der Waals surface area contributed by atoms with E-state index in [-0.39, 0.29) is 16.5 Å². The second kappa shape index (κ2) is 5.23. The second-order valence-corrected chi connectivity index (χ2v) is 5.12. The van der Waals surface area contributed by atoms with Gasteiger partial charge >= 0.3 is 6.09 Å². The maximum Gasteiger partial charge on any atom is 0.409 e. The first-order valence-corrected chi connectivity index (χ1v) is 6.18. The lowest BCUT2D eigenvalue weighted by Crippen LogP contribution is -2.42. The van der Waals surface area contributed by atoms with E-state index in [0.717, 1.165) is 0 Å². The summed E-state index contributed by atoms with van der Waals surface area (Å²) in [4.78, 5) is 24.5. The zero-order valence-corrected chi connectivity index (χ0v) is 10.3. The quantitative estimate of drug-likeness (QED) is 0.806. The fourth-order valence-corrected chi connectivity index (χ4v) is 2.58. The summed E-state index contributed by atoms with van der Waals surface area (Å²) in [5.41, 5.74) is 0.678. The zero-order chi connectivity index (χ0) is 12.3. The molecule has 4 nitrogen and oxygen atoms in total. The molecule has 0 aromatic heterocycles. The van der Waals surface area contributed by atoms with Gasteiger partial charge in [-0.1, -0.05) is 42.1 Å². The predicted molar refractivity (Wildman–Crippen MR) is 66.1 cm³/mol. The summed E-state index contributed by atoms with van der Waals surface area (Å²) in [6, 6.07) is 9.11. The Morgan fingerprint density at radius 2 is 2.12 bits per heavy atom. The van der Waals surface area contributed by atoms with Crippen LogP contribution in [0, 0.1) is 0 Å². The minimum Gasteiger partial charge on any atom is -0.448 e. The summed E-state index contributed by atoms with van der Waals surface area (Å²) in [5.74, 6) is 0. The standard InChI is InChI=1S/C12H13NO3S/c1-13-7-10(8-16-12(13)15)17-11(14)9-5-3-2-4-6-9/h2-6,10H,7-8H2,1H3. The van der Waals surface area contributed by atoms with E-state index >= 15 is 0 Å². The number of rotatable bonds is 2. The molecule has 1 heterocycles. The Bertz CT molecular complexity index is 421. The summed E-state index contributed by atoms with van der Waals surface area (Å²) in [6.07, 6.45) is -0.325. The van der Waals surface area contributed by atoms with Crippen LogP contribution in [-0.2, 0) is 4.74 Å². The molecule has 1 amide bonds. The van der Waals surface area contributed by atoms with E-state index in [1.165, 1.54) is 16.7 Å². The average Bonchev–Trinajstić information content (AvgIpc) is 2.35. The van der Waals surface area contributed by atoms with Crippen LogP contribution < -0.4 is 0 Å². The number of carbonyl (C=O) groups is 2. The van der Waals surface area contributed by atoms with Gasteiger partial charge in [0.15, 0.2) is 0 Å². The van der Waals surface area contributed by atoms with E-state index in [1.807, 2.05) is 18.2 Å². The van der Waals surface area contributed by atoms with Crippen LogP contribution in [0.25, 0.3) is 0 Å². The lowest BCUT2D eigenvalue weighted by molar-refractivity contribution is 0.0854. The minimum absolute atomic E-state index is 0.00501. The number of hydrogen-bond acceptors (Lipinski definition) is 4. The SMILES string of the molecule is CN1CC(SC(=O)c2ccccc2)COC1=O. The molecular weight excluding hydrogens is 238 g/mol. The number of cyclic esters (lactones) is 1. The van der Waals surface area contributed by atoms with Gasteiger partial charge in [-0.3, -0.25) is 4.79 Å². The van der Waals surface area contributed by atoms with Gasteiger partial charge in [-0.25, -0.2) is 4.79 Å². The number of nitrogens with zero attached hydrogens (tertiary/aromatic N) is 1. The number of carbonyl (C=O) groups excluding carboxylic acids is 2. The molecule has 1 aromatic rings. The van der Waals surface area contributed by atoms with Crippen LogP contribution in [0.3, 0.4) is 0 Å². The van der Waals surface area contributed by atoms with Crippen LogP contribution in [-0.4, -0.2) is 41.6 Å². The molecule has 17 heavy (non-hydrogen) atoms. The highest BCUT2D eigenvalue weighted by Gasteiger charge is 2.26. The third kappa shape index (κ3) is 3.00. The van der Waals surface area contributed by atoms with Gasteiger partial charge < -0.3 is 9.64 Å². The second-order valence-electron chi connectivity index (χ2n) is 3.85. The summed E-state index contributed by atoms with van der Waals surface area (Å²) >= 11 is 1.22. The van der Waals surface area contributed by atoms with Crippen molar-refractivity contribution in [1.82, 2.24) is 4.90 Å². The number of hydrogen-bond donors (Lipinski definition) is 0. The van der Waals surface area contributed by atoms with Gasteiger partial charge in [0.25, 0.3) is 0 Å². The number of thioether (sulfide) groups is 1. The van der Waals surface area contributed by atoms with E-state index in [2.05, 4.69) is 0 Å². The van der Waals surface area contributed by atoms with E-state index in [1.54, 1.807) is 19.2 Å². The third-order valence-corrected chi connectivity index (χ3v) is 3.53. The highest BCUT2D eigenvalue weighted by Crippen LogP contribution is 2.21. The highest BCUT2D eigenvalue weighted by molar-refractivity contribution is 8.14. The zero-order valence-electron chi connectivity index (χ0n) is 9.46. The number of ether oxygens (including phenoxy) is 1. The molecule has 0 saturated carbocycles. The van der Waals surface area contributed by atoms with Crippen molar-refractivity contribution in [2.75, 3.05) is 20.2 Å². The third-order valence-electron chi connectivity index (χ3n) is 2.47. The fourth-order valence-electron chi connectivity index (χ4n) is 1.57. The van der Waals surface area contributed by atoms with Crippen LogP contribution in [0.2, 0.25) is 0 Å². The van der Waals surface area contributed by atoms with Crippen molar-refractivity contribution < 1.29 is 14.3 Å². The largest absolute Gasteiger partial charge is 0.448 e. The Morgan fingerprint density at radius 3 is 2.76 bits per heavy atom. The molecule has 2 rings (SSSR count). The van der Waals surface area contributed by atoms with Gasteiger partial charge in [-0.15, -0.1) is 0 Å². The van der Waals surface area contributed by atoms with Crippen LogP contribution in [0.4, 0.5) is 4.79 Å². The first-order valence-electron chi connectivity index (χ1n) is 5.31. The monoisotopic (exact) mass is 251 g/mol. The van der Waals surface area contributed by atoms with Crippen LogP contribution >= 0.6 is 11.8 Å². The number of amides is 1. The van der Waals surface area contributed by atoms with E-state index in [9.17, 15) is 9.59 Å². The van der Waals surface area contributed by atoms with E-state index < -0.39 is 0 Å². The Morgan fingerprint density at radius 1 is 1.41 bits per heavy atom. The van der Waals surface area contributed by atoms with Gasteiger partial charge in [0, 0.05) is 19.2 Å². The molecule has 1 aromatic carbocycles. The van der Waals surface area contributed by atoms with Crippen molar-refractivity contribution in [2.45, 2.75) is 5.25 Å². The molecular formula is C12H13NO3S. The van der Waals surface area contributed by atoms with Crippen molar-refractivity contribution in [3.8, 4) is 0 Å². The molecule has 0 N–H and O–H groups in total. The summed E-state index contributed by atoms with van der Waals surface area (Å²) in [7, 11) is 1.67. The minimum atomic E-state index is -0.325. The van der Waals surface area contributed by atoms with Gasteiger partial charge in [-0.05, 0) is 0 Å². The molecule has 1 aliphatic rings. The molecule has 1 saturated heterocycles. The van der Waals surface area contributed by atoms with Crippen molar-refractivity contribution in [2.24, 2.45) is 0 Å².